The zero-order chi connectivity index (χ0) is 20.7. The molecule has 0 atom stereocenters. The van der Waals surface area contributed by atoms with Crippen LogP contribution in [0, 0.1) is 11.3 Å². The molecule has 5 aromatic rings. The Morgan fingerprint density at radius 3 is 2.70 bits per heavy atom. The molecule has 0 fully saturated rings. The minimum Gasteiger partial charge on any atom is -0.307 e. The van der Waals surface area contributed by atoms with Crippen LogP contribution in [0.3, 0.4) is 0 Å². The number of hydrogen-bond acceptors (Lipinski definition) is 4. The minimum absolute atomic E-state index is 0.154. The molecule has 0 spiro atoms. The van der Waals surface area contributed by atoms with Crippen molar-refractivity contribution in [1.29, 1.82) is 5.26 Å². The summed E-state index contributed by atoms with van der Waals surface area (Å²) in [5.41, 5.74) is 4.94. The van der Waals surface area contributed by atoms with Crippen LogP contribution in [0.15, 0.2) is 65.6 Å². The fourth-order valence-corrected chi connectivity index (χ4v) is 4.05. The zero-order valence-electron chi connectivity index (χ0n) is 15.6. The first-order valence-electron chi connectivity index (χ1n) is 9.27. The summed E-state index contributed by atoms with van der Waals surface area (Å²) in [5, 5.41) is 18.7. The average Bonchev–Trinajstić information content (AvgIpc) is 3.23. The van der Waals surface area contributed by atoms with E-state index in [-0.39, 0.29) is 12.0 Å². The van der Waals surface area contributed by atoms with E-state index in [1.54, 1.807) is 12.3 Å². The molecule has 144 valence electrons. The summed E-state index contributed by atoms with van der Waals surface area (Å²) >= 11 is 6.52. The van der Waals surface area contributed by atoms with E-state index in [0.29, 0.717) is 16.4 Å². The molecule has 3 heterocycles. The Hall–Kier alpha value is -3.95. The number of halogens is 1. The first-order valence-corrected chi connectivity index (χ1v) is 9.65. The topological polar surface area (TPSA) is 98.2 Å². The smallest absolute Gasteiger partial charge is 0.249 e. The Balaban J connectivity index is 1.95. The van der Waals surface area contributed by atoms with Crippen molar-refractivity contribution in [3.63, 3.8) is 0 Å². The van der Waals surface area contributed by atoms with Crippen molar-refractivity contribution in [2.24, 2.45) is 0 Å². The maximum absolute atomic E-state index is 11.9. The third-order valence-electron chi connectivity index (χ3n) is 5.08. The third kappa shape index (κ3) is 2.93. The average molecular weight is 412 g/mol. The number of rotatable bonds is 3. The lowest BCUT2D eigenvalue weighted by Crippen LogP contribution is -2.07. The number of nitriles is 1. The molecule has 2 aromatic carbocycles. The van der Waals surface area contributed by atoms with Gasteiger partial charge in [-0.25, -0.2) is 4.98 Å². The van der Waals surface area contributed by atoms with E-state index >= 15 is 0 Å². The highest BCUT2D eigenvalue weighted by molar-refractivity contribution is 6.35. The van der Waals surface area contributed by atoms with Crippen molar-refractivity contribution in [1.82, 2.24) is 20.2 Å². The maximum Gasteiger partial charge on any atom is 0.249 e. The summed E-state index contributed by atoms with van der Waals surface area (Å²) in [5.74, 6) is 0. The Bertz CT molecular complexity index is 1510. The van der Waals surface area contributed by atoms with Crippen molar-refractivity contribution in [2.75, 3.05) is 0 Å². The van der Waals surface area contributed by atoms with Crippen LogP contribution in [0.1, 0.15) is 5.56 Å². The van der Waals surface area contributed by atoms with Crippen LogP contribution >= 0.6 is 11.6 Å². The second-order valence-corrected chi connectivity index (χ2v) is 7.30. The molecule has 6 nitrogen and oxygen atoms in total. The largest absolute Gasteiger partial charge is 0.307 e. The second kappa shape index (κ2) is 7.14. The van der Waals surface area contributed by atoms with Gasteiger partial charge in [-0.15, -0.1) is 0 Å². The predicted molar refractivity (Wildman–Crippen MR) is 117 cm³/mol. The van der Waals surface area contributed by atoms with Gasteiger partial charge >= 0.3 is 0 Å². The van der Waals surface area contributed by atoms with Crippen LogP contribution < -0.4 is 5.56 Å². The van der Waals surface area contributed by atoms with Crippen molar-refractivity contribution in [3.8, 4) is 28.5 Å². The first kappa shape index (κ1) is 18.1. The van der Waals surface area contributed by atoms with Gasteiger partial charge in [0.15, 0.2) is 0 Å². The fourth-order valence-electron chi connectivity index (χ4n) is 3.78. The Kier molecular flexibility index (Phi) is 4.31. The molecular weight excluding hydrogens is 398 g/mol. The van der Waals surface area contributed by atoms with Crippen LogP contribution in [0.2, 0.25) is 5.02 Å². The van der Waals surface area contributed by atoms with Gasteiger partial charge in [0.1, 0.15) is 5.65 Å². The van der Waals surface area contributed by atoms with Crippen molar-refractivity contribution in [2.45, 2.75) is 6.42 Å². The molecule has 0 radical (unpaired) electrons. The lowest BCUT2D eigenvalue weighted by atomic mass is 9.91. The molecule has 2 N–H and O–H groups in total. The summed E-state index contributed by atoms with van der Waals surface area (Å²) in [7, 11) is 0. The van der Waals surface area contributed by atoms with E-state index < -0.39 is 0 Å². The highest BCUT2D eigenvalue weighted by atomic mass is 35.5. The number of benzene rings is 2. The highest BCUT2D eigenvalue weighted by Crippen LogP contribution is 2.39. The molecule has 0 saturated carbocycles. The zero-order valence-corrected chi connectivity index (χ0v) is 16.4. The van der Waals surface area contributed by atoms with Gasteiger partial charge in [0.05, 0.1) is 34.9 Å². The molecule has 0 aliphatic carbocycles. The molecule has 0 aliphatic rings. The number of nitrogens with one attached hydrogen (secondary N) is 2. The Labute approximate surface area is 175 Å². The molecule has 0 unspecified atom stereocenters. The van der Waals surface area contributed by atoms with Gasteiger partial charge in [-0.2, -0.15) is 10.4 Å². The molecule has 3 aromatic heterocycles. The molecule has 5 rings (SSSR count). The van der Waals surface area contributed by atoms with Crippen LogP contribution in [0.5, 0.6) is 0 Å². The number of pyridine rings is 2. The van der Waals surface area contributed by atoms with Crippen LogP contribution in [0.25, 0.3) is 44.3 Å². The molecule has 0 aliphatic heterocycles. The molecule has 0 amide bonds. The molecular formula is C23H14ClN5O. The van der Waals surface area contributed by atoms with E-state index in [9.17, 15) is 10.1 Å². The summed E-state index contributed by atoms with van der Waals surface area (Å²) in [6, 6.07) is 18.9. The van der Waals surface area contributed by atoms with Crippen molar-refractivity contribution in [3.05, 3.63) is 81.7 Å². The van der Waals surface area contributed by atoms with Gasteiger partial charge < -0.3 is 4.98 Å². The SMILES string of the molecule is N#CCc1c(-c2cc(Cl)c3[nH]ncc3c2)c(-c2ccccc2)nc2[nH]c(=O)ccc12. The molecule has 0 saturated heterocycles. The highest BCUT2D eigenvalue weighted by Gasteiger charge is 2.20. The van der Waals surface area contributed by atoms with Gasteiger partial charge in [0.2, 0.25) is 5.56 Å². The normalized spacial score (nSPS) is 11.1. The molecule has 0 bridgehead atoms. The quantitative estimate of drug-likeness (QED) is 0.443. The summed E-state index contributed by atoms with van der Waals surface area (Å²) in [6.07, 6.45) is 1.87. The predicted octanol–water partition coefficient (Wildman–Crippen LogP) is 4.85. The van der Waals surface area contributed by atoms with E-state index in [4.69, 9.17) is 16.6 Å². The van der Waals surface area contributed by atoms with Gasteiger partial charge in [-0.3, -0.25) is 9.89 Å². The van der Waals surface area contributed by atoms with Gasteiger partial charge in [-0.05, 0) is 29.3 Å². The number of fused-ring (bicyclic) bond motifs is 2. The van der Waals surface area contributed by atoms with E-state index in [1.165, 1.54) is 6.07 Å². The summed E-state index contributed by atoms with van der Waals surface area (Å²) < 4.78 is 0. The summed E-state index contributed by atoms with van der Waals surface area (Å²) in [6.45, 7) is 0. The van der Waals surface area contributed by atoms with Crippen LogP contribution in [-0.4, -0.2) is 20.2 Å². The number of hydrogen-bond donors (Lipinski definition) is 2. The number of aromatic nitrogens is 4. The summed E-state index contributed by atoms with van der Waals surface area (Å²) in [4.78, 5) is 19.5. The van der Waals surface area contributed by atoms with Gasteiger partial charge in [-0.1, -0.05) is 41.9 Å². The monoisotopic (exact) mass is 411 g/mol. The fraction of sp³-hybridized carbons (Fsp3) is 0.0435. The van der Waals surface area contributed by atoms with Crippen LogP contribution in [0.4, 0.5) is 0 Å². The Morgan fingerprint density at radius 2 is 1.90 bits per heavy atom. The minimum atomic E-state index is -0.243. The van der Waals surface area contributed by atoms with E-state index in [1.807, 2.05) is 42.5 Å². The Morgan fingerprint density at radius 1 is 1.07 bits per heavy atom. The number of H-pyrrole nitrogens is 2. The van der Waals surface area contributed by atoms with Gasteiger partial charge in [0.25, 0.3) is 0 Å². The molecule has 30 heavy (non-hydrogen) atoms. The standard InChI is InChI=1S/C23H14ClN5O/c24-18-11-14(10-15-12-26-29-21(15)18)20-16(8-9-25)17-6-7-19(30)27-23(17)28-22(20)13-4-2-1-3-5-13/h1-7,10-12H,8H2,(H,26,29)(H,27,28,30). The second-order valence-electron chi connectivity index (χ2n) is 6.89. The van der Waals surface area contributed by atoms with Crippen LogP contribution in [-0.2, 0) is 6.42 Å². The third-order valence-corrected chi connectivity index (χ3v) is 5.38. The lowest BCUT2D eigenvalue weighted by molar-refractivity contribution is 1.12. The lowest BCUT2D eigenvalue weighted by Gasteiger charge is -2.16. The van der Waals surface area contributed by atoms with Crippen molar-refractivity contribution >= 4 is 33.5 Å². The number of nitrogens with zero attached hydrogens (tertiary/aromatic N) is 3. The van der Waals surface area contributed by atoms with Crippen molar-refractivity contribution < 1.29 is 0 Å². The van der Waals surface area contributed by atoms with Gasteiger partial charge in [0, 0.05) is 28.0 Å². The van der Waals surface area contributed by atoms with E-state index in [2.05, 4.69) is 21.3 Å². The first-order chi connectivity index (χ1) is 14.7. The maximum atomic E-state index is 11.9. The number of aromatic amines is 2. The molecule has 7 heteroatoms. The van der Waals surface area contributed by atoms with E-state index in [0.717, 1.165) is 38.5 Å².